The summed E-state index contributed by atoms with van der Waals surface area (Å²) in [5.41, 5.74) is 1.90. The first-order valence-corrected chi connectivity index (χ1v) is 7.07. The van der Waals surface area contributed by atoms with Gasteiger partial charge in [-0.05, 0) is 38.0 Å². The third-order valence-electron chi connectivity index (χ3n) is 3.41. The van der Waals surface area contributed by atoms with Crippen LogP contribution >= 0.6 is 0 Å². The van der Waals surface area contributed by atoms with Crippen LogP contribution in [0, 0.1) is 6.92 Å². The number of amides is 2. The zero-order chi connectivity index (χ0) is 15.1. The summed E-state index contributed by atoms with van der Waals surface area (Å²) in [5, 5.41) is 2.86. The predicted molar refractivity (Wildman–Crippen MR) is 81.6 cm³/mol. The molecule has 1 aromatic carbocycles. The van der Waals surface area contributed by atoms with Gasteiger partial charge < -0.3 is 10.2 Å². The van der Waals surface area contributed by atoms with Crippen molar-refractivity contribution in [3.8, 4) is 0 Å². The third-order valence-corrected chi connectivity index (χ3v) is 3.41. The highest BCUT2D eigenvalue weighted by molar-refractivity contribution is 5.91. The molecule has 0 aliphatic heterocycles. The van der Waals surface area contributed by atoms with E-state index in [0.717, 1.165) is 17.7 Å². The summed E-state index contributed by atoms with van der Waals surface area (Å²) in [4.78, 5) is 25.2. The summed E-state index contributed by atoms with van der Waals surface area (Å²) in [7, 11) is 0. The number of aryl methyl sites for hydroxylation is 1. The van der Waals surface area contributed by atoms with Gasteiger partial charge in [-0.1, -0.05) is 19.1 Å². The maximum Gasteiger partial charge on any atom is 0.226 e. The van der Waals surface area contributed by atoms with Crippen molar-refractivity contribution in [3.05, 3.63) is 29.8 Å². The van der Waals surface area contributed by atoms with Crippen LogP contribution in [0.5, 0.6) is 0 Å². The first-order valence-electron chi connectivity index (χ1n) is 7.07. The van der Waals surface area contributed by atoms with Crippen molar-refractivity contribution >= 4 is 17.5 Å². The van der Waals surface area contributed by atoms with Gasteiger partial charge in [0.2, 0.25) is 11.8 Å². The second-order valence-electron chi connectivity index (χ2n) is 5.14. The van der Waals surface area contributed by atoms with E-state index in [9.17, 15) is 9.59 Å². The lowest BCUT2D eigenvalue weighted by Crippen LogP contribution is -2.38. The molecular weight excluding hydrogens is 252 g/mol. The van der Waals surface area contributed by atoms with E-state index >= 15 is 0 Å². The molecule has 0 fully saturated rings. The van der Waals surface area contributed by atoms with Crippen molar-refractivity contribution in [2.45, 2.75) is 46.6 Å². The van der Waals surface area contributed by atoms with Gasteiger partial charge in [0.25, 0.3) is 0 Å². The van der Waals surface area contributed by atoms with E-state index in [2.05, 4.69) is 5.32 Å². The number of nitrogens with zero attached hydrogens (tertiary/aromatic N) is 1. The Labute approximate surface area is 121 Å². The van der Waals surface area contributed by atoms with Gasteiger partial charge >= 0.3 is 0 Å². The van der Waals surface area contributed by atoms with Crippen molar-refractivity contribution in [1.29, 1.82) is 0 Å². The summed E-state index contributed by atoms with van der Waals surface area (Å²) in [6.45, 7) is 8.02. The van der Waals surface area contributed by atoms with Crippen LogP contribution in [0.15, 0.2) is 24.3 Å². The van der Waals surface area contributed by atoms with E-state index in [-0.39, 0.29) is 17.9 Å². The molecule has 0 saturated carbocycles. The number of hydrogen-bond acceptors (Lipinski definition) is 2. The molecule has 1 unspecified atom stereocenters. The van der Waals surface area contributed by atoms with E-state index in [4.69, 9.17) is 0 Å². The van der Waals surface area contributed by atoms with Crippen LogP contribution in [-0.2, 0) is 9.59 Å². The summed E-state index contributed by atoms with van der Waals surface area (Å²) in [6.07, 6.45) is 1.21. The molecule has 1 rings (SSSR count). The molecule has 0 radical (unpaired) electrons. The number of anilines is 1. The van der Waals surface area contributed by atoms with Gasteiger partial charge in [0.05, 0.1) is 0 Å². The van der Waals surface area contributed by atoms with Crippen molar-refractivity contribution < 1.29 is 9.59 Å². The largest absolute Gasteiger partial charge is 0.340 e. The smallest absolute Gasteiger partial charge is 0.226 e. The molecule has 0 spiro atoms. The summed E-state index contributed by atoms with van der Waals surface area (Å²) < 4.78 is 0. The van der Waals surface area contributed by atoms with Crippen molar-refractivity contribution in [2.24, 2.45) is 0 Å². The number of carbonyl (C=O) groups excluding carboxylic acids is 2. The molecule has 1 atom stereocenters. The lowest BCUT2D eigenvalue weighted by molar-refractivity contribution is -0.131. The van der Waals surface area contributed by atoms with E-state index < -0.39 is 0 Å². The molecule has 0 aliphatic rings. The molecule has 4 heteroatoms. The van der Waals surface area contributed by atoms with Crippen molar-refractivity contribution in [2.75, 3.05) is 11.9 Å². The quantitative estimate of drug-likeness (QED) is 0.868. The van der Waals surface area contributed by atoms with Crippen molar-refractivity contribution in [1.82, 2.24) is 4.90 Å². The fourth-order valence-corrected chi connectivity index (χ4v) is 2.08. The highest BCUT2D eigenvalue weighted by Crippen LogP contribution is 2.10. The van der Waals surface area contributed by atoms with Crippen LogP contribution in [0.4, 0.5) is 5.69 Å². The van der Waals surface area contributed by atoms with E-state index in [0.29, 0.717) is 13.0 Å². The summed E-state index contributed by atoms with van der Waals surface area (Å²) in [5.74, 6) is -0.0483. The van der Waals surface area contributed by atoms with Crippen LogP contribution < -0.4 is 5.32 Å². The van der Waals surface area contributed by atoms with Crippen molar-refractivity contribution in [3.63, 3.8) is 0 Å². The van der Waals surface area contributed by atoms with E-state index in [1.807, 2.05) is 45.0 Å². The van der Waals surface area contributed by atoms with E-state index in [1.54, 1.807) is 11.8 Å². The molecule has 0 heterocycles. The standard InChI is InChI=1S/C16H24N2O2/c1-5-13(3)18(14(4)19)10-9-16(20)17-15-8-6-7-12(2)11-15/h6-8,11,13H,5,9-10H2,1-4H3,(H,17,20). The highest BCUT2D eigenvalue weighted by Gasteiger charge is 2.16. The first-order chi connectivity index (χ1) is 9.43. The fraction of sp³-hybridized carbons (Fsp3) is 0.500. The molecule has 1 aromatic rings. The van der Waals surface area contributed by atoms with Crippen LogP contribution in [0.25, 0.3) is 0 Å². The number of carbonyl (C=O) groups is 2. The predicted octanol–water partition coefficient (Wildman–Crippen LogP) is 2.97. The van der Waals surface area contributed by atoms with Gasteiger partial charge in [-0.15, -0.1) is 0 Å². The first kappa shape index (κ1) is 16.2. The minimum atomic E-state index is -0.0647. The Morgan fingerprint density at radius 3 is 2.60 bits per heavy atom. The normalized spacial score (nSPS) is 11.8. The number of rotatable bonds is 6. The average Bonchev–Trinajstić information content (AvgIpc) is 2.38. The zero-order valence-corrected chi connectivity index (χ0v) is 12.8. The maximum absolute atomic E-state index is 11.9. The zero-order valence-electron chi connectivity index (χ0n) is 12.8. The van der Waals surface area contributed by atoms with Crippen LogP contribution in [-0.4, -0.2) is 29.3 Å². The molecule has 0 aliphatic carbocycles. The van der Waals surface area contributed by atoms with Crippen LogP contribution in [0.1, 0.15) is 39.2 Å². The third kappa shape index (κ3) is 5.03. The molecule has 0 aromatic heterocycles. The Morgan fingerprint density at radius 1 is 1.35 bits per heavy atom. The molecule has 0 bridgehead atoms. The number of hydrogen-bond donors (Lipinski definition) is 1. The molecule has 4 nitrogen and oxygen atoms in total. The van der Waals surface area contributed by atoms with Crippen LogP contribution in [0.3, 0.4) is 0 Å². The number of nitrogens with one attached hydrogen (secondary N) is 1. The molecule has 1 N–H and O–H groups in total. The topological polar surface area (TPSA) is 49.4 Å². The lowest BCUT2D eigenvalue weighted by Gasteiger charge is -2.27. The Kier molecular flexibility index (Phi) is 6.22. The Balaban J connectivity index is 2.52. The number of benzene rings is 1. The maximum atomic E-state index is 11.9. The fourth-order valence-electron chi connectivity index (χ4n) is 2.08. The van der Waals surface area contributed by atoms with Gasteiger partial charge in [-0.2, -0.15) is 0 Å². The Hall–Kier alpha value is -1.84. The van der Waals surface area contributed by atoms with Gasteiger partial charge in [-0.25, -0.2) is 0 Å². The van der Waals surface area contributed by atoms with Gasteiger partial charge in [0.15, 0.2) is 0 Å². The molecule has 110 valence electrons. The molecule has 2 amide bonds. The van der Waals surface area contributed by atoms with Crippen LogP contribution in [0.2, 0.25) is 0 Å². The van der Waals surface area contributed by atoms with E-state index in [1.165, 1.54) is 0 Å². The highest BCUT2D eigenvalue weighted by atomic mass is 16.2. The Morgan fingerprint density at radius 2 is 2.05 bits per heavy atom. The SMILES string of the molecule is CCC(C)N(CCC(=O)Nc1cccc(C)c1)C(C)=O. The monoisotopic (exact) mass is 276 g/mol. The molecule has 0 saturated heterocycles. The average molecular weight is 276 g/mol. The minimum absolute atomic E-state index is 0.0164. The van der Waals surface area contributed by atoms with Gasteiger partial charge in [0, 0.05) is 31.6 Å². The molecule has 20 heavy (non-hydrogen) atoms. The minimum Gasteiger partial charge on any atom is -0.340 e. The van der Waals surface area contributed by atoms with Gasteiger partial charge in [0.1, 0.15) is 0 Å². The summed E-state index contributed by atoms with van der Waals surface area (Å²) in [6, 6.07) is 7.85. The second kappa shape index (κ2) is 7.68. The van der Waals surface area contributed by atoms with Gasteiger partial charge in [-0.3, -0.25) is 9.59 Å². The molecular formula is C16H24N2O2. The Bertz CT molecular complexity index is 471. The second-order valence-corrected chi connectivity index (χ2v) is 5.14. The lowest BCUT2D eigenvalue weighted by atomic mass is 10.2. The summed E-state index contributed by atoms with van der Waals surface area (Å²) >= 11 is 0.